The van der Waals surface area contributed by atoms with Crippen molar-refractivity contribution in [2.24, 2.45) is 0 Å². The maximum Gasteiger partial charge on any atom is 0.228 e. The summed E-state index contributed by atoms with van der Waals surface area (Å²) in [7, 11) is 0. The molecule has 0 spiro atoms. The number of nitrogens with zero attached hydrogens (tertiary/aromatic N) is 2. The maximum absolute atomic E-state index is 11.5. The standard InChI is InChI=1S/C23H20N2O2/c26-25(27)17-23-21-14-8-7-13-20(21)15-22(19-11-5-2-6-12-19)24(23)16-18-9-3-1-4-10-18/h1-15,23H,16-17H2. The lowest BCUT2D eigenvalue weighted by Gasteiger charge is -2.38. The molecule has 4 nitrogen and oxygen atoms in total. The highest BCUT2D eigenvalue weighted by molar-refractivity contribution is 5.83. The molecule has 0 aromatic heterocycles. The van der Waals surface area contributed by atoms with Gasteiger partial charge in [-0.3, -0.25) is 10.1 Å². The van der Waals surface area contributed by atoms with Gasteiger partial charge in [-0.05, 0) is 28.3 Å². The van der Waals surface area contributed by atoms with Gasteiger partial charge in [0, 0.05) is 17.2 Å². The summed E-state index contributed by atoms with van der Waals surface area (Å²) >= 11 is 0. The number of rotatable bonds is 5. The third-order valence-corrected chi connectivity index (χ3v) is 4.92. The van der Waals surface area contributed by atoms with Crippen molar-refractivity contribution in [3.05, 3.63) is 117 Å². The molecule has 0 N–H and O–H groups in total. The molecular formula is C23H20N2O2. The van der Waals surface area contributed by atoms with Gasteiger partial charge in [-0.2, -0.15) is 0 Å². The monoisotopic (exact) mass is 356 g/mol. The van der Waals surface area contributed by atoms with E-state index >= 15 is 0 Å². The van der Waals surface area contributed by atoms with Crippen LogP contribution in [0.1, 0.15) is 28.3 Å². The summed E-state index contributed by atoms with van der Waals surface area (Å²) in [4.78, 5) is 13.4. The Bertz CT molecular complexity index is 968. The zero-order valence-corrected chi connectivity index (χ0v) is 14.9. The molecule has 1 atom stereocenters. The Morgan fingerprint density at radius 3 is 2.19 bits per heavy atom. The summed E-state index contributed by atoms with van der Waals surface area (Å²) in [5.74, 6) is 0. The van der Waals surface area contributed by atoms with Crippen molar-refractivity contribution in [2.75, 3.05) is 6.54 Å². The van der Waals surface area contributed by atoms with E-state index < -0.39 is 0 Å². The summed E-state index contributed by atoms with van der Waals surface area (Å²) in [6.07, 6.45) is 2.14. The molecule has 134 valence electrons. The van der Waals surface area contributed by atoms with E-state index in [1.165, 1.54) is 0 Å². The van der Waals surface area contributed by atoms with Crippen LogP contribution in [-0.2, 0) is 6.54 Å². The van der Waals surface area contributed by atoms with Gasteiger partial charge in [-0.25, -0.2) is 0 Å². The topological polar surface area (TPSA) is 46.4 Å². The fourth-order valence-electron chi connectivity index (χ4n) is 3.68. The van der Waals surface area contributed by atoms with Gasteiger partial charge >= 0.3 is 0 Å². The molecule has 0 amide bonds. The van der Waals surface area contributed by atoms with Gasteiger partial charge in [0.15, 0.2) is 0 Å². The van der Waals surface area contributed by atoms with Crippen LogP contribution in [0, 0.1) is 10.1 Å². The van der Waals surface area contributed by atoms with Crippen molar-refractivity contribution in [3.8, 4) is 0 Å². The van der Waals surface area contributed by atoms with Crippen LogP contribution in [0.2, 0.25) is 0 Å². The van der Waals surface area contributed by atoms with Crippen LogP contribution in [0.5, 0.6) is 0 Å². The van der Waals surface area contributed by atoms with Gasteiger partial charge in [0.1, 0.15) is 6.04 Å². The number of nitro groups is 1. The van der Waals surface area contributed by atoms with Gasteiger partial charge in [0.2, 0.25) is 6.54 Å². The van der Waals surface area contributed by atoms with Gasteiger partial charge in [-0.15, -0.1) is 0 Å². The molecule has 0 fully saturated rings. The molecule has 4 heteroatoms. The van der Waals surface area contributed by atoms with E-state index in [0.29, 0.717) is 6.54 Å². The SMILES string of the molecule is O=[N+]([O-])CC1c2ccccc2C=C(c2ccccc2)N1Cc1ccccc1. The molecule has 1 aliphatic heterocycles. The Labute approximate surface area is 158 Å². The van der Waals surface area contributed by atoms with E-state index in [0.717, 1.165) is 28.0 Å². The lowest BCUT2D eigenvalue weighted by atomic mass is 9.91. The van der Waals surface area contributed by atoms with Crippen LogP contribution in [0.3, 0.4) is 0 Å². The van der Waals surface area contributed by atoms with Gasteiger partial charge in [0.05, 0.1) is 0 Å². The second-order valence-corrected chi connectivity index (χ2v) is 6.67. The Balaban J connectivity index is 1.85. The van der Waals surface area contributed by atoms with Crippen molar-refractivity contribution in [1.82, 2.24) is 4.90 Å². The molecule has 3 aromatic carbocycles. The molecule has 0 radical (unpaired) electrons. The molecule has 1 heterocycles. The van der Waals surface area contributed by atoms with Crippen LogP contribution in [0.4, 0.5) is 0 Å². The third kappa shape index (κ3) is 3.60. The normalized spacial score (nSPS) is 15.8. The molecule has 0 saturated carbocycles. The first-order valence-electron chi connectivity index (χ1n) is 9.01. The zero-order valence-electron chi connectivity index (χ0n) is 14.9. The Morgan fingerprint density at radius 2 is 1.48 bits per heavy atom. The Kier molecular flexibility index (Phi) is 4.71. The predicted octanol–water partition coefficient (Wildman–Crippen LogP) is 5.02. The molecule has 0 aliphatic carbocycles. The van der Waals surface area contributed by atoms with Gasteiger partial charge in [0.25, 0.3) is 0 Å². The maximum atomic E-state index is 11.5. The number of benzene rings is 3. The lowest BCUT2D eigenvalue weighted by Crippen LogP contribution is -2.34. The average molecular weight is 356 g/mol. The smallest absolute Gasteiger partial charge is 0.228 e. The predicted molar refractivity (Wildman–Crippen MR) is 107 cm³/mol. The minimum atomic E-state index is -0.309. The molecule has 1 unspecified atom stereocenters. The third-order valence-electron chi connectivity index (χ3n) is 4.92. The first-order chi connectivity index (χ1) is 13.2. The van der Waals surface area contributed by atoms with E-state index in [9.17, 15) is 10.1 Å². The minimum Gasteiger partial charge on any atom is -0.353 e. The largest absolute Gasteiger partial charge is 0.353 e. The highest BCUT2D eigenvalue weighted by Crippen LogP contribution is 2.39. The zero-order chi connectivity index (χ0) is 18.6. The Morgan fingerprint density at radius 1 is 0.852 bits per heavy atom. The fourth-order valence-corrected chi connectivity index (χ4v) is 3.68. The highest BCUT2D eigenvalue weighted by atomic mass is 16.6. The summed E-state index contributed by atoms with van der Waals surface area (Å²) < 4.78 is 0. The van der Waals surface area contributed by atoms with Crippen LogP contribution >= 0.6 is 0 Å². The van der Waals surface area contributed by atoms with E-state index in [1.807, 2.05) is 60.7 Å². The molecule has 0 saturated heterocycles. The van der Waals surface area contributed by atoms with Crippen LogP contribution in [0.15, 0.2) is 84.9 Å². The fraction of sp³-hybridized carbons (Fsp3) is 0.130. The van der Waals surface area contributed by atoms with Gasteiger partial charge in [-0.1, -0.05) is 84.9 Å². The van der Waals surface area contributed by atoms with E-state index in [1.54, 1.807) is 0 Å². The van der Waals surface area contributed by atoms with E-state index in [-0.39, 0.29) is 17.5 Å². The number of hydrogen-bond acceptors (Lipinski definition) is 3. The molecular weight excluding hydrogens is 336 g/mol. The Hall–Kier alpha value is -3.40. The van der Waals surface area contributed by atoms with Crippen molar-refractivity contribution in [1.29, 1.82) is 0 Å². The summed E-state index contributed by atoms with van der Waals surface area (Å²) in [5.41, 5.74) is 5.27. The van der Waals surface area contributed by atoms with E-state index in [2.05, 4.69) is 35.2 Å². The second kappa shape index (κ2) is 7.46. The van der Waals surface area contributed by atoms with E-state index in [4.69, 9.17) is 0 Å². The highest BCUT2D eigenvalue weighted by Gasteiger charge is 2.32. The summed E-state index contributed by atoms with van der Waals surface area (Å²) in [5, 5.41) is 11.5. The minimum absolute atomic E-state index is 0.131. The quantitative estimate of drug-likeness (QED) is 0.476. The summed E-state index contributed by atoms with van der Waals surface area (Å²) in [6, 6.07) is 27.9. The number of hydrogen-bond donors (Lipinski definition) is 0. The van der Waals surface area contributed by atoms with Crippen molar-refractivity contribution < 1.29 is 4.92 Å². The first kappa shape index (κ1) is 17.0. The molecule has 3 aromatic rings. The molecule has 1 aliphatic rings. The lowest BCUT2D eigenvalue weighted by molar-refractivity contribution is -0.487. The van der Waals surface area contributed by atoms with Crippen molar-refractivity contribution in [2.45, 2.75) is 12.6 Å². The van der Waals surface area contributed by atoms with Crippen molar-refractivity contribution in [3.63, 3.8) is 0 Å². The molecule has 0 bridgehead atoms. The van der Waals surface area contributed by atoms with Gasteiger partial charge < -0.3 is 4.90 Å². The summed E-state index contributed by atoms with van der Waals surface area (Å²) in [6.45, 7) is 0.489. The molecule has 27 heavy (non-hydrogen) atoms. The van der Waals surface area contributed by atoms with Crippen LogP contribution in [-0.4, -0.2) is 16.4 Å². The van der Waals surface area contributed by atoms with Crippen molar-refractivity contribution >= 4 is 11.8 Å². The van der Waals surface area contributed by atoms with Crippen LogP contribution < -0.4 is 0 Å². The average Bonchev–Trinajstić information content (AvgIpc) is 2.70. The molecule has 4 rings (SSSR count). The van der Waals surface area contributed by atoms with Crippen LogP contribution in [0.25, 0.3) is 11.8 Å². The second-order valence-electron chi connectivity index (χ2n) is 6.67. The first-order valence-corrected chi connectivity index (χ1v) is 9.01. The number of fused-ring (bicyclic) bond motifs is 1.